The van der Waals surface area contributed by atoms with Gasteiger partial charge < -0.3 is 25.2 Å². The van der Waals surface area contributed by atoms with Gasteiger partial charge in [0.15, 0.2) is 6.10 Å². The summed E-state index contributed by atoms with van der Waals surface area (Å²) in [4.78, 5) is 45.8. The average molecular weight is 758 g/mol. The second-order valence-electron chi connectivity index (χ2n) is 13.4. The van der Waals surface area contributed by atoms with Gasteiger partial charge in [0.1, 0.15) is 12.6 Å². The number of nitrogens with two attached hydrogens (primary N) is 1. The highest BCUT2D eigenvalue weighted by atomic mass is 31.2. The molecule has 0 spiro atoms. The molecule has 4 N–H and O–H groups in total. The van der Waals surface area contributed by atoms with Crippen LogP contribution in [0.4, 0.5) is 0 Å². The third kappa shape index (κ3) is 34.8. The van der Waals surface area contributed by atoms with Gasteiger partial charge in [-0.2, -0.15) is 0 Å². The number of carboxylic acid groups (broad SMARTS) is 1. The molecule has 0 aromatic rings. The molecule has 0 aliphatic rings. The zero-order chi connectivity index (χ0) is 38.5. The average Bonchev–Trinajstić information content (AvgIpc) is 3.12. The van der Waals surface area contributed by atoms with E-state index in [9.17, 15) is 23.8 Å². The Morgan fingerprint density at radius 3 is 1.62 bits per heavy atom. The molecule has 12 heteroatoms. The van der Waals surface area contributed by atoms with Crippen molar-refractivity contribution in [3.63, 3.8) is 0 Å². The van der Waals surface area contributed by atoms with Crippen molar-refractivity contribution in [2.24, 2.45) is 5.73 Å². The van der Waals surface area contributed by atoms with Crippen molar-refractivity contribution in [1.82, 2.24) is 0 Å². The summed E-state index contributed by atoms with van der Waals surface area (Å²) < 4.78 is 32.6. The fraction of sp³-hybridized carbons (Fsp3) is 0.775. The van der Waals surface area contributed by atoms with Crippen LogP contribution >= 0.6 is 7.82 Å². The third-order valence-corrected chi connectivity index (χ3v) is 9.35. The summed E-state index contributed by atoms with van der Waals surface area (Å²) in [5, 5.41) is 8.87. The highest BCUT2D eigenvalue weighted by Gasteiger charge is 2.28. The summed E-state index contributed by atoms with van der Waals surface area (Å²) in [6, 6.07) is -1.52. The first-order valence-electron chi connectivity index (χ1n) is 20.0. The molecular weight excluding hydrogens is 685 g/mol. The molecule has 0 saturated heterocycles. The van der Waals surface area contributed by atoms with E-state index in [0.29, 0.717) is 12.8 Å². The van der Waals surface area contributed by atoms with E-state index in [0.717, 1.165) is 70.6 Å². The maximum Gasteiger partial charge on any atom is 0.472 e. The lowest BCUT2D eigenvalue weighted by atomic mass is 10.0. The Morgan fingerprint density at radius 2 is 1.08 bits per heavy atom. The molecule has 0 fully saturated rings. The molecule has 11 nitrogen and oxygen atoms in total. The molecule has 0 rings (SSSR count). The van der Waals surface area contributed by atoms with Crippen LogP contribution in [-0.4, -0.2) is 59.9 Å². The number of carbonyl (C=O) groups excluding carboxylic acids is 2. The minimum Gasteiger partial charge on any atom is -0.480 e. The molecular formula is C40H72NO10P. The molecule has 0 aliphatic carbocycles. The number of carboxylic acids is 1. The number of carbonyl (C=O) groups is 3. The summed E-state index contributed by atoms with van der Waals surface area (Å²) in [5.74, 6) is -2.40. The van der Waals surface area contributed by atoms with Crippen LogP contribution in [0.2, 0.25) is 0 Å². The largest absolute Gasteiger partial charge is 0.480 e. The molecule has 302 valence electrons. The van der Waals surface area contributed by atoms with Crippen molar-refractivity contribution in [3.05, 3.63) is 36.5 Å². The van der Waals surface area contributed by atoms with Crippen LogP contribution in [0, 0.1) is 0 Å². The van der Waals surface area contributed by atoms with Crippen LogP contribution in [0.3, 0.4) is 0 Å². The first-order chi connectivity index (χ1) is 25.1. The number of rotatable bonds is 37. The molecule has 0 aromatic heterocycles. The molecule has 0 bridgehead atoms. The Bertz CT molecular complexity index is 1030. The molecule has 0 aromatic carbocycles. The van der Waals surface area contributed by atoms with Crippen molar-refractivity contribution >= 4 is 25.7 Å². The van der Waals surface area contributed by atoms with E-state index >= 15 is 0 Å². The van der Waals surface area contributed by atoms with Crippen LogP contribution in [0.25, 0.3) is 0 Å². The number of phosphoric acid groups is 1. The van der Waals surface area contributed by atoms with E-state index in [2.05, 4.69) is 54.8 Å². The van der Waals surface area contributed by atoms with Crippen molar-refractivity contribution < 1.29 is 47.5 Å². The van der Waals surface area contributed by atoms with E-state index in [1.165, 1.54) is 57.8 Å². The summed E-state index contributed by atoms with van der Waals surface area (Å²) in [5.41, 5.74) is 5.32. The molecule has 3 atom stereocenters. The van der Waals surface area contributed by atoms with Crippen molar-refractivity contribution in [1.29, 1.82) is 0 Å². The summed E-state index contributed by atoms with van der Waals surface area (Å²) in [7, 11) is -4.71. The van der Waals surface area contributed by atoms with Gasteiger partial charge in [0.2, 0.25) is 0 Å². The van der Waals surface area contributed by atoms with Gasteiger partial charge in [-0.25, -0.2) is 4.57 Å². The zero-order valence-corrected chi connectivity index (χ0v) is 33.3. The van der Waals surface area contributed by atoms with Gasteiger partial charge in [-0.3, -0.25) is 23.4 Å². The number of allylic oxidation sites excluding steroid dienone is 6. The maximum absolute atomic E-state index is 12.6. The second kappa shape index (κ2) is 35.7. The summed E-state index contributed by atoms with van der Waals surface area (Å²) >= 11 is 0. The van der Waals surface area contributed by atoms with Crippen LogP contribution in [0.5, 0.6) is 0 Å². The van der Waals surface area contributed by atoms with Gasteiger partial charge in [-0.1, -0.05) is 147 Å². The van der Waals surface area contributed by atoms with Gasteiger partial charge in [-0.05, 0) is 44.9 Å². The number of aliphatic carboxylic acids is 1. The summed E-state index contributed by atoms with van der Waals surface area (Å²) in [6.07, 6.45) is 36.4. The fourth-order valence-electron chi connectivity index (χ4n) is 5.25. The van der Waals surface area contributed by atoms with Crippen LogP contribution in [-0.2, 0) is 37.5 Å². The zero-order valence-electron chi connectivity index (χ0n) is 32.4. The second-order valence-corrected chi connectivity index (χ2v) is 14.8. The highest BCUT2D eigenvalue weighted by molar-refractivity contribution is 7.47. The smallest absolute Gasteiger partial charge is 0.472 e. The Kier molecular flexibility index (Phi) is 34.1. The standard InChI is InChI=1S/C40H72NO10P/c1-3-5-7-9-11-13-15-17-18-20-21-23-25-27-29-31-38(42)48-33-36(34-49-52(46,47)50-35-37(41)40(44)45)51-39(43)32-30-28-26-24-22-19-16-14-12-10-8-6-4-2/h5,7,11,13,17-18,36-37H,3-4,6,8-10,12,14-16,19-35,41H2,1-2H3,(H,44,45)(H,46,47)/b7-5-,13-11-,18-17-/t36-,37+/m1/s1. The Hall–Kier alpha value is -2.30. The van der Waals surface area contributed by atoms with Gasteiger partial charge in [0.25, 0.3) is 0 Å². The van der Waals surface area contributed by atoms with E-state index < -0.39 is 51.1 Å². The molecule has 0 amide bonds. The van der Waals surface area contributed by atoms with Crippen LogP contribution in [0.1, 0.15) is 168 Å². The number of unbranched alkanes of at least 4 members (excludes halogenated alkanes) is 17. The van der Waals surface area contributed by atoms with E-state index in [1.807, 2.05) is 0 Å². The minimum absolute atomic E-state index is 0.159. The monoisotopic (exact) mass is 757 g/mol. The van der Waals surface area contributed by atoms with Crippen molar-refractivity contribution in [2.75, 3.05) is 19.8 Å². The Morgan fingerprint density at radius 1 is 0.615 bits per heavy atom. The number of ether oxygens (including phenoxy) is 2. The number of phosphoric ester groups is 1. The fourth-order valence-corrected chi connectivity index (χ4v) is 6.03. The third-order valence-electron chi connectivity index (χ3n) is 8.40. The van der Waals surface area contributed by atoms with E-state index in [4.69, 9.17) is 24.8 Å². The molecule has 0 radical (unpaired) electrons. The highest BCUT2D eigenvalue weighted by Crippen LogP contribution is 2.43. The lowest BCUT2D eigenvalue weighted by Crippen LogP contribution is -2.34. The number of hydrogen-bond donors (Lipinski definition) is 3. The molecule has 0 aliphatic heterocycles. The van der Waals surface area contributed by atoms with Gasteiger partial charge in [0, 0.05) is 12.8 Å². The predicted octanol–water partition coefficient (Wildman–Crippen LogP) is 10.1. The molecule has 0 saturated carbocycles. The van der Waals surface area contributed by atoms with Crippen molar-refractivity contribution in [2.45, 2.75) is 180 Å². The van der Waals surface area contributed by atoms with Gasteiger partial charge in [-0.15, -0.1) is 0 Å². The molecule has 0 heterocycles. The quantitative estimate of drug-likeness (QED) is 0.0238. The minimum atomic E-state index is -4.71. The Balaban J connectivity index is 4.43. The lowest BCUT2D eigenvalue weighted by molar-refractivity contribution is -0.161. The first kappa shape index (κ1) is 49.7. The van der Waals surface area contributed by atoms with Gasteiger partial charge >= 0.3 is 25.7 Å². The number of esters is 2. The molecule has 52 heavy (non-hydrogen) atoms. The van der Waals surface area contributed by atoms with E-state index in [-0.39, 0.29) is 19.4 Å². The predicted molar refractivity (Wildman–Crippen MR) is 208 cm³/mol. The Labute approximate surface area is 314 Å². The van der Waals surface area contributed by atoms with Crippen molar-refractivity contribution in [3.8, 4) is 0 Å². The van der Waals surface area contributed by atoms with Gasteiger partial charge in [0.05, 0.1) is 13.2 Å². The first-order valence-corrected chi connectivity index (χ1v) is 21.5. The topological polar surface area (TPSA) is 172 Å². The lowest BCUT2D eigenvalue weighted by Gasteiger charge is -2.20. The molecule has 1 unspecified atom stereocenters. The van der Waals surface area contributed by atoms with E-state index in [1.54, 1.807) is 0 Å². The van der Waals surface area contributed by atoms with Crippen LogP contribution < -0.4 is 5.73 Å². The maximum atomic E-state index is 12.6. The summed E-state index contributed by atoms with van der Waals surface area (Å²) in [6.45, 7) is 2.66. The van der Waals surface area contributed by atoms with Crippen LogP contribution in [0.15, 0.2) is 36.5 Å². The SMILES string of the molecule is CC/C=C\C/C=C\C/C=C\CCCCCCCC(=O)OC[C@H](COP(=O)(O)OC[C@H](N)C(=O)O)OC(=O)CCCCCCCCCCCCCCC. The number of hydrogen-bond acceptors (Lipinski definition) is 9. The normalized spacial score (nSPS) is 14.2.